The quantitative estimate of drug-likeness (QED) is 0.108. The Morgan fingerprint density at radius 1 is 0.459 bits per heavy atom. The monoisotopic (exact) mass is 534 g/mol. The van der Waals surface area contributed by atoms with Crippen molar-refractivity contribution in [2.75, 3.05) is 40.6 Å². The van der Waals surface area contributed by atoms with E-state index in [1.165, 1.54) is 89.9 Å². The highest BCUT2D eigenvalue weighted by Crippen LogP contribution is 2.11. The summed E-state index contributed by atoms with van der Waals surface area (Å²) < 4.78 is 14.6. The van der Waals surface area contributed by atoms with Gasteiger partial charge in [0, 0.05) is 27.1 Å². The van der Waals surface area contributed by atoms with E-state index in [1.807, 2.05) is 0 Å². The first-order valence-corrected chi connectivity index (χ1v) is 14.9. The number of carbonyl (C=O) groups is 2. The highest BCUT2D eigenvalue weighted by Gasteiger charge is 1.97. The summed E-state index contributed by atoms with van der Waals surface area (Å²) >= 11 is 0. The molecule has 0 fully saturated rings. The van der Waals surface area contributed by atoms with Crippen LogP contribution >= 0.6 is 0 Å². The van der Waals surface area contributed by atoms with Crippen LogP contribution in [0.4, 0.5) is 0 Å². The lowest BCUT2D eigenvalue weighted by Gasteiger charge is -2.00. The summed E-state index contributed by atoms with van der Waals surface area (Å²) in [6.45, 7) is 7.07. The van der Waals surface area contributed by atoms with E-state index in [-0.39, 0.29) is 0 Å². The Hall–Kier alpha value is -1.18. The molecule has 2 N–H and O–H groups in total. The molecule has 0 aromatic rings. The Morgan fingerprint density at radius 2 is 0.730 bits per heavy atom. The molecule has 7 heteroatoms. The molecule has 0 aliphatic rings. The number of aliphatic carboxylic acids is 2. The minimum atomic E-state index is -0.659. The molecule has 37 heavy (non-hydrogen) atoms. The predicted octanol–water partition coefficient (Wildman–Crippen LogP) is 8.28. The first-order valence-electron chi connectivity index (χ1n) is 14.9. The average molecular weight is 535 g/mol. The summed E-state index contributed by atoms with van der Waals surface area (Å²) in [5.41, 5.74) is 0. The number of ether oxygens (including phenoxy) is 3. The van der Waals surface area contributed by atoms with Gasteiger partial charge >= 0.3 is 11.9 Å². The van der Waals surface area contributed by atoms with Gasteiger partial charge in [-0.05, 0) is 12.8 Å². The largest absolute Gasteiger partial charge is 0.481 e. The normalized spacial score (nSPS) is 10.3. The molecule has 0 saturated carbocycles. The van der Waals surface area contributed by atoms with Crippen LogP contribution in [0.25, 0.3) is 0 Å². The summed E-state index contributed by atoms with van der Waals surface area (Å²) in [6, 6.07) is 0. The molecule has 0 aliphatic carbocycles. The van der Waals surface area contributed by atoms with Crippen LogP contribution in [-0.2, 0) is 23.8 Å². The van der Waals surface area contributed by atoms with Crippen LogP contribution in [0, 0.1) is 0 Å². The summed E-state index contributed by atoms with van der Waals surface area (Å²) in [6.07, 6.45) is 23.0. The van der Waals surface area contributed by atoms with Crippen molar-refractivity contribution in [2.45, 2.75) is 142 Å². The fourth-order valence-corrected chi connectivity index (χ4v) is 3.56. The minimum Gasteiger partial charge on any atom is -0.481 e. The molecule has 0 spiro atoms. The first-order chi connectivity index (χ1) is 18.0. The van der Waals surface area contributed by atoms with Crippen LogP contribution in [0.5, 0.6) is 0 Å². The lowest BCUT2D eigenvalue weighted by Crippen LogP contribution is -2.06. The van der Waals surface area contributed by atoms with E-state index in [1.54, 1.807) is 14.2 Å². The molecule has 0 atom stereocenters. The van der Waals surface area contributed by atoms with Crippen molar-refractivity contribution in [3.8, 4) is 0 Å². The van der Waals surface area contributed by atoms with Crippen LogP contribution in [0.15, 0.2) is 0 Å². The van der Waals surface area contributed by atoms with Gasteiger partial charge in [-0.2, -0.15) is 0 Å². The molecule has 224 valence electrons. The lowest BCUT2D eigenvalue weighted by atomic mass is 10.1. The molecule has 0 unspecified atom stereocenters. The summed E-state index contributed by atoms with van der Waals surface area (Å²) in [5, 5.41) is 16.8. The summed E-state index contributed by atoms with van der Waals surface area (Å²) in [7, 11) is 3.30. The highest BCUT2D eigenvalue weighted by molar-refractivity contribution is 5.66. The molecule has 0 aromatic carbocycles. The molecule has 0 rings (SSSR count). The second-order valence-electron chi connectivity index (χ2n) is 9.54. The average Bonchev–Trinajstić information content (AvgIpc) is 2.87. The second kappa shape index (κ2) is 39.3. The van der Waals surface area contributed by atoms with Gasteiger partial charge < -0.3 is 24.4 Å². The molecule has 0 saturated heterocycles. The number of hydrogen-bond acceptors (Lipinski definition) is 5. The van der Waals surface area contributed by atoms with Crippen molar-refractivity contribution in [2.24, 2.45) is 0 Å². The number of hydrogen-bond donors (Lipinski definition) is 2. The van der Waals surface area contributed by atoms with Gasteiger partial charge in [0.25, 0.3) is 0 Å². The Labute approximate surface area is 229 Å². The van der Waals surface area contributed by atoms with E-state index in [4.69, 9.17) is 24.4 Å². The van der Waals surface area contributed by atoms with Gasteiger partial charge in [-0.15, -0.1) is 0 Å². The molecule has 0 amide bonds. The van der Waals surface area contributed by atoms with E-state index < -0.39 is 11.9 Å². The van der Waals surface area contributed by atoms with E-state index >= 15 is 0 Å². The Morgan fingerprint density at radius 3 is 0.973 bits per heavy atom. The molecule has 0 aromatic heterocycles. The highest BCUT2D eigenvalue weighted by atomic mass is 16.5. The van der Waals surface area contributed by atoms with Gasteiger partial charge in [0.05, 0.1) is 26.4 Å². The Kier molecular flexibility index (Phi) is 42.9. The van der Waals surface area contributed by atoms with E-state index in [9.17, 15) is 9.59 Å². The van der Waals surface area contributed by atoms with E-state index in [2.05, 4.69) is 13.8 Å². The zero-order valence-electron chi connectivity index (χ0n) is 24.9. The maximum atomic E-state index is 10.2. The number of methoxy groups -OCH3 is 2. The van der Waals surface area contributed by atoms with E-state index in [0.29, 0.717) is 39.3 Å². The SMILES string of the molecule is CCCCCCCCCCCC(=O)O.CCCCCCCCCCCC(=O)O.COCCOCCOC. The van der Waals surface area contributed by atoms with Crippen molar-refractivity contribution in [3.63, 3.8) is 0 Å². The van der Waals surface area contributed by atoms with Crippen molar-refractivity contribution < 1.29 is 34.0 Å². The van der Waals surface area contributed by atoms with Gasteiger partial charge in [-0.25, -0.2) is 0 Å². The van der Waals surface area contributed by atoms with Crippen LogP contribution in [0.2, 0.25) is 0 Å². The van der Waals surface area contributed by atoms with Gasteiger partial charge in [0.2, 0.25) is 0 Å². The molecule has 0 heterocycles. The zero-order chi connectivity index (χ0) is 28.2. The summed E-state index contributed by atoms with van der Waals surface area (Å²) in [4.78, 5) is 20.4. The van der Waals surface area contributed by atoms with Gasteiger partial charge in [-0.1, -0.05) is 117 Å². The first kappa shape index (κ1) is 40.3. The maximum absolute atomic E-state index is 10.2. The minimum absolute atomic E-state index is 0.343. The van der Waals surface area contributed by atoms with Crippen LogP contribution in [0.3, 0.4) is 0 Å². The second-order valence-corrected chi connectivity index (χ2v) is 9.54. The number of carboxylic acids is 2. The van der Waals surface area contributed by atoms with Crippen LogP contribution in [0.1, 0.15) is 142 Å². The topological polar surface area (TPSA) is 102 Å². The number of rotatable bonds is 26. The van der Waals surface area contributed by atoms with Gasteiger partial charge in [-0.3, -0.25) is 9.59 Å². The zero-order valence-corrected chi connectivity index (χ0v) is 24.9. The molecular formula is C30H62O7. The molecule has 0 radical (unpaired) electrons. The summed E-state index contributed by atoms with van der Waals surface area (Å²) in [5.74, 6) is -1.32. The number of carboxylic acid groups (broad SMARTS) is 2. The molecule has 7 nitrogen and oxygen atoms in total. The Bertz CT molecular complexity index is 392. The molecular weight excluding hydrogens is 472 g/mol. The molecule has 0 aliphatic heterocycles. The van der Waals surface area contributed by atoms with Crippen LogP contribution in [-0.4, -0.2) is 62.8 Å². The molecule has 0 bridgehead atoms. The smallest absolute Gasteiger partial charge is 0.303 e. The van der Waals surface area contributed by atoms with Crippen molar-refractivity contribution in [3.05, 3.63) is 0 Å². The van der Waals surface area contributed by atoms with Crippen molar-refractivity contribution in [1.29, 1.82) is 0 Å². The van der Waals surface area contributed by atoms with Gasteiger partial charge in [0.1, 0.15) is 0 Å². The lowest BCUT2D eigenvalue weighted by molar-refractivity contribution is -0.138. The third-order valence-electron chi connectivity index (χ3n) is 5.85. The van der Waals surface area contributed by atoms with Crippen LogP contribution < -0.4 is 0 Å². The third kappa shape index (κ3) is 52.1. The van der Waals surface area contributed by atoms with Crippen molar-refractivity contribution in [1.82, 2.24) is 0 Å². The van der Waals surface area contributed by atoms with E-state index in [0.717, 1.165) is 25.7 Å². The van der Waals surface area contributed by atoms with Gasteiger partial charge in [0.15, 0.2) is 0 Å². The van der Waals surface area contributed by atoms with Crippen molar-refractivity contribution >= 4 is 11.9 Å². The third-order valence-corrected chi connectivity index (χ3v) is 5.85. The predicted molar refractivity (Wildman–Crippen MR) is 154 cm³/mol. The fraction of sp³-hybridized carbons (Fsp3) is 0.933. The fourth-order valence-electron chi connectivity index (χ4n) is 3.56. The number of unbranched alkanes of at least 4 members (excludes halogenated alkanes) is 16. The maximum Gasteiger partial charge on any atom is 0.303 e. The standard InChI is InChI=1S/2C12H24O2.C6H14O3/c2*1-2-3-4-5-6-7-8-9-10-11-12(13)14;1-7-3-5-9-6-4-8-2/h2*2-11H2,1H3,(H,13,14);3-6H2,1-2H3. The Balaban J connectivity index is -0.000000481.